The van der Waals surface area contributed by atoms with Crippen molar-refractivity contribution >= 4 is 23.1 Å². The van der Waals surface area contributed by atoms with E-state index >= 15 is 0 Å². The Labute approximate surface area is 205 Å². The Morgan fingerprint density at radius 2 is 1.74 bits per heavy atom. The molecule has 0 aliphatic carbocycles. The Morgan fingerprint density at radius 3 is 2.44 bits per heavy atom. The van der Waals surface area contributed by atoms with E-state index in [1.165, 1.54) is 54.4 Å². The molecule has 2 aromatic rings. The maximum Gasteiger partial charge on any atom is 0.416 e. The molecular formula is C27H34F3N3S. The van der Waals surface area contributed by atoms with Crippen LogP contribution >= 0.6 is 11.8 Å². The Bertz CT molecular complexity index is 1010. The van der Waals surface area contributed by atoms with Crippen LogP contribution in [0.1, 0.15) is 62.1 Å². The number of likely N-dealkylation sites (tertiary alicyclic amines) is 1. The number of benzene rings is 2. The van der Waals surface area contributed by atoms with Crippen LogP contribution < -0.4 is 10.2 Å². The summed E-state index contributed by atoms with van der Waals surface area (Å²) in [6.45, 7) is 7.41. The van der Waals surface area contributed by atoms with E-state index in [1.807, 2.05) is 0 Å². The summed E-state index contributed by atoms with van der Waals surface area (Å²) in [5, 5.41) is 3.53. The molecule has 3 heterocycles. The van der Waals surface area contributed by atoms with Gasteiger partial charge in [-0.3, -0.25) is 0 Å². The van der Waals surface area contributed by atoms with Gasteiger partial charge in [-0.15, -0.1) is 0 Å². The highest BCUT2D eigenvalue weighted by molar-refractivity contribution is 7.99. The van der Waals surface area contributed by atoms with Gasteiger partial charge in [-0.25, -0.2) is 0 Å². The number of rotatable bonds is 5. The van der Waals surface area contributed by atoms with Crippen molar-refractivity contribution in [3.8, 4) is 0 Å². The van der Waals surface area contributed by atoms with Gasteiger partial charge in [0.2, 0.25) is 0 Å². The molecule has 3 aliphatic heterocycles. The van der Waals surface area contributed by atoms with Crippen LogP contribution in [0, 0.1) is 0 Å². The molecular weight excluding hydrogens is 455 g/mol. The van der Waals surface area contributed by atoms with Crippen LogP contribution in [0.25, 0.3) is 0 Å². The smallest absolute Gasteiger partial charge is 0.382 e. The van der Waals surface area contributed by atoms with Crippen molar-refractivity contribution in [1.29, 1.82) is 0 Å². The number of piperidine rings is 2. The van der Waals surface area contributed by atoms with Crippen molar-refractivity contribution < 1.29 is 13.2 Å². The van der Waals surface area contributed by atoms with Gasteiger partial charge in [-0.05, 0) is 80.5 Å². The summed E-state index contributed by atoms with van der Waals surface area (Å²) in [6.07, 6.45) is 3.07. The van der Waals surface area contributed by atoms with Gasteiger partial charge in [0.1, 0.15) is 0 Å². The molecule has 0 saturated carbocycles. The van der Waals surface area contributed by atoms with Gasteiger partial charge in [0.15, 0.2) is 0 Å². The third kappa shape index (κ3) is 5.20. The Morgan fingerprint density at radius 1 is 0.971 bits per heavy atom. The first-order valence-electron chi connectivity index (χ1n) is 12.7. The highest BCUT2D eigenvalue weighted by Gasteiger charge is 2.34. The van der Waals surface area contributed by atoms with Crippen LogP contribution in [0.15, 0.2) is 40.1 Å². The van der Waals surface area contributed by atoms with Gasteiger partial charge in [0, 0.05) is 59.8 Å². The van der Waals surface area contributed by atoms with E-state index in [1.54, 1.807) is 0 Å². The summed E-state index contributed by atoms with van der Waals surface area (Å²) >= 11 is 1.50. The molecule has 2 aromatic carbocycles. The first-order chi connectivity index (χ1) is 16.4. The van der Waals surface area contributed by atoms with Crippen LogP contribution in [0.2, 0.25) is 0 Å². The van der Waals surface area contributed by atoms with E-state index in [4.69, 9.17) is 0 Å². The topological polar surface area (TPSA) is 18.5 Å². The Balaban J connectivity index is 1.41. The fraction of sp³-hybridized carbons (Fsp3) is 0.556. The lowest BCUT2D eigenvalue weighted by Crippen LogP contribution is -2.39. The molecule has 0 spiro atoms. The SMILES string of the molecule is CCCN1CCC(Nc2cc(C(F)(F)F)cc3c2Cc2ccc(N4CCCCC4)cc2S3)CC1. The highest BCUT2D eigenvalue weighted by Crippen LogP contribution is 2.46. The predicted octanol–water partition coefficient (Wildman–Crippen LogP) is 7.04. The lowest BCUT2D eigenvalue weighted by molar-refractivity contribution is -0.137. The Kier molecular flexibility index (Phi) is 7.03. The maximum absolute atomic E-state index is 13.8. The molecule has 0 amide bonds. The van der Waals surface area contributed by atoms with E-state index in [2.05, 4.69) is 40.2 Å². The molecule has 0 aromatic heterocycles. The van der Waals surface area contributed by atoms with Gasteiger partial charge in [0.25, 0.3) is 0 Å². The van der Waals surface area contributed by atoms with Gasteiger partial charge >= 0.3 is 6.18 Å². The van der Waals surface area contributed by atoms with Crippen LogP contribution in [0.5, 0.6) is 0 Å². The van der Waals surface area contributed by atoms with Gasteiger partial charge in [-0.1, -0.05) is 24.8 Å². The van der Waals surface area contributed by atoms with Crippen molar-refractivity contribution in [1.82, 2.24) is 4.90 Å². The molecule has 0 atom stereocenters. The molecule has 0 bridgehead atoms. The molecule has 1 N–H and O–H groups in total. The zero-order chi connectivity index (χ0) is 23.7. The predicted molar refractivity (Wildman–Crippen MR) is 134 cm³/mol. The largest absolute Gasteiger partial charge is 0.416 e. The van der Waals surface area contributed by atoms with E-state index in [0.717, 1.165) is 67.3 Å². The minimum absolute atomic E-state index is 0.216. The van der Waals surface area contributed by atoms with Crippen molar-refractivity contribution in [2.24, 2.45) is 0 Å². The summed E-state index contributed by atoms with van der Waals surface area (Å²) in [7, 11) is 0. The first kappa shape index (κ1) is 23.9. The third-order valence-electron chi connectivity index (χ3n) is 7.38. The van der Waals surface area contributed by atoms with Crippen molar-refractivity contribution in [2.45, 2.75) is 73.9 Å². The lowest BCUT2D eigenvalue weighted by atomic mass is 9.97. The molecule has 3 aliphatic rings. The second-order valence-corrected chi connectivity index (χ2v) is 11.0. The fourth-order valence-corrected chi connectivity index (χ4v) is 6.67. The standard InChI is InChI=1S/C27H34F3N3S/c1-2-10-32-13-8-21(9-14-32)31-24-16-20(27(28,29)30)17-26-23(24)15-19-6-7-22(18-25(19)34-26)33-11-4-3-5-12-33/h6-7,16-18,21,31H,2-5,8-15H2,1H3. The van der Waals surface area contributed by atoms with Crippen molar-refractivity contribution in [3.05, 3.63) is 47.0 Å². The molecule has 2 saturated heterocycles. The average Bonchev–Trinajstić information content (AvgIpc) is 2.84. The van der Waals surface area contributed by atoms with Gasteiger partial charge in [-0.2, -0.15) is 13.2 Å². The lowest BCUT2D eigenvalue weighted by Gasteiger charge is -2.34. The molecule has 0 radical (unpaired) electrons. The molecule has 0 unspecified atom stereocenters. The summed E-state index contributed by atoms with van der Waals surface area (Å²) in [5.74, 6) is 0. The third-order valence-corrected chi connectivity index (χ3v) is 8.57. The number of alkyl halides is 3. The van der Waals surface area contributed by atoms with E-state index in [9.17, 15) is 13.2 Å². The molecule has 7 heteroatoms. The second-order valence-electron chi connectivity index (χ2n) is 9.88. The summed E-state index contributed by atoms with van der Waals surface area (Å²) in [6, 6.07) is 9.46. The van der Waals surface area contributed by atoms with Crippen LogP contribution in [0.3, 0.4) is 0 Å². The van der Waals surface area contributed by atoms with Crippen LogP contribution in [-0.2, 0) is 12.6 Å². The minimum atomic E-state index is -4.35. The normalized spacial score (nSPS) is 19.6. The Hall–Kier alpha value is -1.86. The summed E-state index contributed by atoms with van der Waals surface area (Å²) in [4.78, 5) is 6.69. The van der Waals surface area contributed by atoms with E-state index in [-0.39, 0.29) is 6.04 Å². The maximum atomic E-state index is 13.8. The quantitative estimate of drug-likeness (QED) is 0.414. The first-order valence-corrected chi connectivity index (χ1v) is 13.5. The van der Waals surface area contributed by atoms with Crippen molar-refractivity contribution in [3.63, 3.8) is 0 Å². The van der Waals surface area contributed by atoms with E-state index < -0.39 is 11.7 Å². The summed E-state index contributed by atoms with van der Waals surface area (Å²) in [5.41, 5.74) is 3.52. The molecule has 5 rings (SSSR count). The molecule has 2 fully saturated rings. The number of fused-ring (bicyclic) bond motifs is 2. The van der Waals surface area contributed by atoms with E-state index in [0.29, 0.717) is 12.1 Å². The zero-order valence-electron chi connectivity index (χ0n) is 19.9. The number of hydrogen-bond acceptors (Lipinski definition) is 4. The fourth-order valence-electron chi connectivity index (χ4n) is 5.49. The molecule has 184 valence electrons. The molecule has 3 nitrogen and oxygen atoms in total. The number of hydrogen-bond donors (Lipinski definition) is 1. The second kappa shape index (κ2) is 10.0. The summed E-state index contributed by atoms with van der Waals surface area (Å²) < 4.78 is 41.4. The number of nitrogens with one attached hydrogen (secondary N) is 1. The number of nitrogens with zero attached hydrogens (tertiary/aromatic N) is 2. The monoisotopic (exact) mass is 489 g/mol. The van der Waals surface area contributed by atoms with Gasteiger partial charge in [0.05, 0.1) is 5.56 Å². The average molecular weight is 490 g/mol. The molecule has 34 heavy (non-hydrogen) atoms. The van der Waals surface area contributed by atoms with Crippen LogP contribution in [-0.4, -0.2) is 43.7 Å². The zero-order valence-corrected chi connectivity index (χ0v) is 20.7. The minimum Gasteiger partial charge on any atom is -0.382 e. The van der Waals surface area contributed by atoms with Crippen LogP contribution in [0.4, 0.5) is 24.5 Å². The van der Waals surface area contributed by atoms with Crippen molar-refractivity contribution in [2.75, 3.05) is 42.9 Å². The number of anilines is 2. The highest BCUT2D eigenvalue weighted by atomic mass is 32.2. The number of halogens is 3. The van der Waals surface area contributed by atoms with Gasteiger partial charge < -0.3 is 15.1 Å².